The monoisotopic (exact) mass is 261 g/mol. The number of furan rings is 1. The van der Waals surface area contributed by atoms with Crippen molar-refractivity contribution in [3.8, 4) is 11.3 Å². The largest absolute Gasteiger partial charge is 0.478 e. The summed E-state index contributed by atoms with van der Waals surface area (Å²) in [4.78, 5) is 10.7. The van der Waals surface area contributed by atoms with Gasteiger partial charge in [-0.1, -0.05) is 12.1 Å². The van der Waals surface area contributed by atoms with Crippen molar-refractivity contribution in [2.45, 2.75) is 6.54 Å². The van der Waals surface area contributed by atoms with Crippen LogP contribution in [0.1, 0.15) is 16.1 Å². The number of hydrogen-bond acceptors (Lipinski definition) is 4. The van der Waals surface area contributed by atoms with Crippen molar-refractivity contribution < 1.29 is 19.4 Å². The van der Waals surface area contributed by atoms with Gasteiger partial charge in [-0.05, 0) is 24.3 Å². The van der Waals surface area contributed by atoms with Crippen LogP contribution in [0.25, 0.3) is 11.3 Å². The second kappa shape index (κ2) is 6.17. The maximum absolute atomic E-state index is 10.7. The molecule has 0 bridgehead atoms. The molecule has 0 radical (unpaired) electrons. The highest BCUT2D eigenvalue weighted by Crippen LogP contribution is 2.22. The van der Waals surface area contributed by atoms with Crippen LogP contribution in [0.2, 0.25) is 0 Å². The van der Waals surface area contributed by atoms with Crippen LogP contribution < -0.4 is 5.32 Å². The number of carboxylic acids is 1. The fraction of sp³-hybridized carbons (Fsp3) is 0.214. The molecule has 3 N–H and O–H groups in total. The predicted molar refractivity (Wildman–Crippen MR) is 69.9 cm³/mol. The zero-order valence-corrected chi connectivity index (χ0v) is 10.3. The molecule has 1 aromatic carbocycles. The lowest BCUT2D eigenvalue weighted by Crippen LogP contribution is -2.16. The zero-order valence-electron chi connectivity index (χ0n) is 10.3. The Kier molecular flexibility index (Phi) is 4.33. The molecule has 0 amide bonds. The molecule has 0 aliphatic carbocycles. The molecule has 2 aromatic rings. The van der Waals surface area contributed by atoms with Gasteiger partial charge >= 0.3 is 5.97 Å². The molecule has 0 unspecified atom stereocenters. The first-order valence-corrected chi connectivity index (χ1v) is 5.94. The number of rotatable bonds is 6. The van der Waals surface area contributed by atoms with E-state index in [1.54, 1.807) is 24.3 Å². The van der Waals surface area contributed by atoms with E-state index in [2.05, 4.69) is 5.32 Å². The van der Waals surface area contributed by atoms with E-state index in [0.29, 0.717) is 18.8 Å². The zero-order chi connectivity index (χ0) is 13.7. The normalized spacial score (nSPS) is 10.6. The van der Waals surface area contributed by atoms with Crippen molar-refractivity contribution in [3.63, 3.8) is 0 Å². The fourth-order valence-corrected chi connectivity index (χ4v) is 1.70. The Morgan fingerprint density at radius 3 is 2.53 bits per heavy atom. The third-order valence-electron chi connectivity index (χ3n) is 2.67. The second-order valence-corrected chi connectivity index (χ2v) is 4.05. The second-order valence-electron chi connectivity index (χ2n) is 4.05. The third kappa shape index (κ3) is 3.43. The van der Waals surface area contributed by atoms with Gasteiger partial charge in [0.15, 0.2) is 0 Å². The molecule has 100 valence electrons. The average molecular weight is 261 g/mol. The smallest absolute Gasteiger partial charge is 0.335 e. The molecule has 0 spiro atoms. The van der Waals surface area contributed by atoms with E-state index in [9.17, 15) is 4.79 Å². The summed E-state index contributed by atoms with van der Waals surface area (Å²) in [6, 6.07) is 10.2. The molecular formula is C14H15NO4. The first-order valence-electron chi connectivity index (χ1n) is 5.94. The van der Waals surface area contributed by atoms with Gasteiger partial charge in [-0.25, -0.2) is 4.79 Å². The number of carbonyl (C=O) groups is 1. The van der Waals surface area contributed by atoms with Gasteiger partial charge in [0.2, 0.25) is 0 Å². The molecule has 5 nitrogen and oxygen atoms in total. The quantitative estimate of drug-likeness (QED) is 0.690. The minimum atomic E-state index is -0.945. The van der Waals surface area contributed by atoms with Crippen LogP contribution >= 0.6 is 0 Å². The molecule has 1 heterocycles. The maximum atomic E-state index is 10.7. The highest BCUT2D eigenvalue weighted by Gasteiger charge is 2.06. The number of aliphatic hydroxyl groups is 1. The van der Waals surface area contributed by atoms with Gasteiger partial charge < -0.3 is 19.9 Å². The van der Waals surface area contributed by atoms with E-state index in [-0.39, 0.29) is 12.2 Å². The number of benzene rings is 1. The minimum Gasteiger partial charge on any atom is -0.478 e. The summed E-state index contributed by atoms with van der Waals surface area (Å²) in [5, 5.41) is 20.5. The summed E-state index contributed by atoms with van der Waals surface area (Å²) < 4.78 is 5.63. The first-order chi connectivity index (χ1) is 9.20. The van der Waals surface area contributed by atoms with Crippen molar-refractivity contribution in [1.82, 2.24) is 5.32 Å². The fourth-order valence-electron chi connectivity index (χ4n) is 1.70. The Morgan fingerprint density at radius 2 is 1.89 bits per heavy atom. The van der Waals surface area contributed by atoms with Gasteiger partial charge in [-0.3, -0.25) is 0 Å². The first kappa shape index (κ1) is 13.3. The van der Waals surface area contributed by atoms with Gasteiger partial charge in [0.05, 0.1) is 18.7 Å². The summed E-state index contributed by atoms with van der Waals surface area (Å²) in [6.07, 6.45) is 0. The molecule has 0 aliphatic heterocycles. The number of nitrogens with one attached hydrogen (secondary N) is 1. The van der Waals surface area contributed by atoms with Crippen LogP contribution in [0.15, 0.2) is 40.8 Å². The molecule has 1 aromatic heterocycles. The molecular weight excluding hydrogens is 246 g/mol. The van der Waals surface area contributed by atoms with E-state index in [1.807, 2.05) is 12.1 Å². The molecule has 0 aliphatic rings. The third-order valence-corrected chi connectivity index (χ3v) is 2.67. The summed E-state index contributed by atoms with van der Waals surface area (Å²) >= 11 is 0. The van der Waals surface area contributed by atoms with Crippen molar-refractivity contribution in [3.05, 3.63) is 47.7 Å². The molecule has 0 saturated heterocycles. The predicted octanol–water partition coefficient (Wildman–Crippen LogP) is 1.73. The standard InChI is InChI=1S/C14H15NO4/c16-8-7-15-9-12-5-6-13(19-12)10-1-3-11(4-2-10)14(17)18/h1-6,15-16H,7-9H2,(H,17,18). The van der Waals surface area contributed by atoms with Gasteiger partial charge in [0.1, 0.15) is 11.5 Å². The van der Waals surface area contributed by atoms with Crippen molar-refractivity contribution >= 4 is 5.97 Å². The highest BCUT2D eigenvalue weighted by molar-refractivity contribution is 5.88. The highest BCUT2D eigenvalue weighted by atomic mass is 16.4. The average Bonchev–Trinajstić information content (AvgIpc) is 2.88. The Hall–Kier alpha value is -2.11. The molecule has 0 atom stereocenters. The summed E-state index contributed by atoms with van der Waals surface area (Å²) in [6.45, 7) is 1.15. The van der Waals surface area contributed by atoms with Crippen LogP contribution in [0, 0.1) is 0 Å². The van der Waals surface area contributed by atoms with E-state index in [0.717, 1.165) is 11.3 Å². The van der Waals surface area contributed by atoms with Gasteiger partial charge in [-0.15, -0.1) is 0 Å². The number of carboxylic acid groups (broad SMARTS) is 1. The molecule has 19 heavy (non-hydrogen) atoms. The van der Waals surface area contributed by atoms with E-state index in [1.165, 1.54) is 0 Å². The van der Waals surface area contributed by atoms with Gasteiger partial charge in [0, 0.05) is 12.1 Å². The lowest BCUT2D eigenvalue weighted by Gasteiger charge is -2.00. The Bertz CT molecular complexity index is 545. The number of hydrogen-bond donors (Lipinski definition) is 3. The van der Waals surface area contributed by atoms with E-state index in [4.69, 9.17) is 14.6 Å². The van der Waals surface area contributed by atoms with Crippen LogP contribution in [0.5, 0.6) is 0 Å². The van der Waals surface area contributed by atoms with Crippen LogP contribution in [0.3, 0.4) is 0 Å². The SMILES string of the molecule is O=C(O)c1ccc(-c2ccc(CNCCO)o2)cc1. The summed E-state index contributed by atoms with van der Waals surface area (Å²) in [7, 11) is 0. The topological polar surface area (TPSA) is 82.7 Å². The van der Waals surface area contributed by atoms with Crippen molar-refractivity contribution in [2.75, 3.05) is 13.2 Å². The van der Waals surface area contributed by atoms with Gasteiger partial charge in [-0.2, -0.15) is 0 Å². The van der Waals surface area contributed by atoms with Crippen LogP contribution in [0.4, 0.5) is 0 Å². The lowest BCUT2D eigenvalue weighted by molar-refractivity contribution is 0.0697. The van der Waals surface area contributed by atoms with Crippen molar-refractivity contribution in [2.24, 2.45) is 0 Å². The van der Waals surface area contributed by atoms with E-state index < -0.39 is 5.97 Å². The van der Waals surface area contributed by atoms with Crippen LogP contribution in [-0.4, -0.2) is 29.3 Å². The number of aliphatic hydroxyl groups excluding tert-OH is 1. The molecule has 0 fully saturated rings. The minimum absolute atomic E-state index is 0.0875. The lowest BCUT2D eigenvalue weighted by atomic mass is 10.1. The van der Waals surface area contributed by atoms with Crippen molar-refractivity contribution in [1.29, 1.82) is 0 Å². The number of aromatic carboxylic acids is 1. The Labute approximate surface area is 110 Å². The van der Waals surface area contributed by atoms with Crippen LogP contribution in [-0.2, 0) is 6.54 Å². The maximum Gasteiger partial charge on any atom is 0.335 e. The molecule has 0 saturated carbocycles. The Morgan fingerprint density at radius 1 is 1.16 bits per heavy atom. The summed E-state index contributed by atoms with van der Waals surface area (Å²) in [5.74, 6) is 0.517. The molecule has 5 heteroatoms. The summed E-state index contributed by atoms with van der Waals surface area (Å²) in [5.41, 5.74) is 1.08. The van der Waals surface area contributed by atoms with Gasteiger partial charge in [0.25, 0.3) is 0 Å². The molecule has 2 rings (SSSR count). The van der Waals surface area contributed by atoms with E-state index >= 15 is 0 Å². The Balaban J connectivity index is 2.07.